The second-order valence-corrected chi connectivity index (χ2v) is 6.64. The number of rotatable bonds is 2. The van der Waals surface area contributed by atoms with E-state index in [1.54, 1.807) is 0 Å². The van der Waals surface area contributed by atoms with Gasteiger partial charge in [0.05, 0.1) is 6.10 Å². The van der Waals surface area contributed by atoms with Gasteiger partial charge in [0.25, 0.3) is 0 Å². The van der Waals surface area contributed by atoms with Gasteiger partial charge in [-0.15, -0.1) is 0 Å². The van der Waals surface area contributed by atoms with Crippen LogP contribution >= 0.6 is 0 Å². The number of ether oxygens (including phenoxy) is 3. The average molecular weight is 268 g/mol. The van der Waals surface area contributed by atoms with E-state index in [1.807, 2.05) is 6.92 Å². The van der Waals surface area contributed by atoms with Crippen molar-refractivity contribution in [2.24, 2.45) is 23.7 Å². The Labute approximate surface area is 117 Å². The molecule has 0 amide bonds. The molecule has 19 heavy (non-hydrogen) atoms. The van der Waals surface area contributed by atoms with Gasteiger partial charge in [-0.1, -0.05) is 13.3 Å². The molecule has 0 aromatic heterocycles. The fourth-order valence-electron chi connectivity index (χ4n) is 4.50. The standard InChI is InChI=1S/C16H28O3/c1-4-17-15-11(3)13-7-5-6-12-9-8-10(2)18-16(19-15)14(12)13/h10-16H,4-9H2,1-3H3/t10-,11+,12?,13-,14?,15-,16-/m0/s1. The highest BCUT2D eigenvalue weighted by atomic mass is 16.8. The molecule has 0 bridgehead atoms. The summed E-state index contributed by atoms with van der Waals surface area (Å²) in [6.45, 7) is 7.25. The Kier molecular flexibility index (Phi) is 4.16. The zero-order valence-electron chi connectivity index (χ0n) is 12.5. The van der Waals surface area contributed by atoms with Crippen LogP contribution in [0.5, 0.6) is 0 Å². The fraction of sp³-hybridized carbons (Fsp3) is 1.00. The highest BCUT2D eigenvalue weighted by Crippen LogP contribution is 2.50. The summed E-state index contributed by atoms with van der Waals surface area (Å²) < 4.78 is 18.2. The molecule has 2 heterocycles. The molecular formula is C16H28O3. The lowest BCUT2D eigenvalue weighted by atomic mass is 9.65. The monoisotopic (exact) mass is 268 g/mol. The molecule has 1 saturated carbocycles. The van der Waals surface area contributed by atoms with Gasteiger partial charge in [0.15, 0.2) is 12.6 Å². The van der Waals surface area contributed by atoms with E-state index in [2.05, 4.69) is 13.8 Å². The minimum atomic E-state index is -0.0692. The van der Waals surface area contributed by atoms with Gasteiger partial charge >= 0.3 is 0 Å². The molecule has 3 rings (SSSR count). The molecule has 1 aliphatic carbocycles. The molecule has 0 N–H and O–H groups in total. The van der Waals surface area contributed by atoms with Gasteiger partial charge in [-0.2, -0.15) is 0 Å². The first-order valence-electron chi connectivity index (χ1n) is 8.13. The molecule has 2 saturated heterocycles. The summed E-state index contributed by atoms with van der Waals surface area (Å²) >= 11 is 0. The van der Waals surface area contributed by atoms with Crippen molar-refractivity contribution in [3.63, 3.8) is 0 Å². The summed E-state index contributed by atoms with van der Waals surface area (Å²) in [5.74, 6) is 2.63. The lowest BCUT2D eigenvalue weighted by molar-refractivity contribution is -0.330. The Morgan fingerprint density at radius 3 is 2.68 bits per heavy atom. The molecular weight excluding hydrogens is 240 g/mol. The van der Waals surface area contributed by atoms with Gasteiger partial charge in [0.2, 0.25) is 0 Å². The van der Waals surface area contributed by atoms with E-state index < -0.39 is 0 Å². The van der Waals surface area contributed by atoms with Crippen molar-refractivity contribution >= 4 is 0 Å². The molecule has 3 fully saturated rings. The van der Waals surface area contributed by atoms with Crippen LogP contribution in [0.25, 0.3) is 0 Å². The summed E-state index contributed by atoms with van der Waals surface area (Å²) in [6, 6.07) is 0. The molecule has 2 aliphatic heterocycles. The maximum atomic E-state index is 6.19. The van der Waals surface area contributed by atoms with Crippen LogP contribution < -0.4 is 0 Å². The molecule has 3 aliphatic rings. The fourth-order valence-corrected chi connectivity index (χ4v) is 4.50. The highest BCUT2D eigenvalue weighted by Gasteiger charge is 2.50. The molecule has 0 spiro atoms. The van der Waals surface area contributed by atoms with Gasteiger partial charge in [-0.25, -0.2) is 0 Å². The van der Waals surface area contributed by atoms with E-state index in [-0.39, 0.29) is 12.6 Å². The summed E-state index contributed by atoms with van der Waals surface area (Å²) in [7, 11) is 0. The minimum absolute atomic E-state index is 0.0273. The van der Waals surface area contributed by atoms with E-state index in [4.69, 9.17) is 14.2 Å². The van der Waals surface area contributed by atoms with Crippen LogP contribution in [-0.2, 0) is 14.2 Å². The van der Waals surface area contributed by atoms with Crippen molar-refractivity contribution < 1.29 is 14.2 Å². The van der Waals surface area contributed by atoms with Crippen LogP contribution in [-0.4, -0.2) is 25.3 Å². The minimum Gasteiger partial charge on any atom is -0.353 e. The largest absolute Gasteiger partial charge is 0.353 e. The van der Waals surface area contributed by atoms with Crippen LogP contribution in [0.15, 0.2) is 0 Å². The third kappa shape index (κ3) is 2.57. The van der Waals surface area contributed by atoms with Crippen molar-refractivity contribution in [1.29, 1.82) is 0 Å². The van der Waals surface area contributed by atoms with Crippen LogP contribution in [0.4, 0.5) is 0 Å². The van der Waals surface area contributed by atoms with Crippen LogP contribution in [0.3, 0.4) is 0 Å². The Bertz CT molecular complexity index is 306. The Hall–Kier alpha value is -0.120. The third-order valence-electron chi connectivity index (χ3n) is 5.48. The van der Waals surface area contributed by atoms with E-state index in [0.717, 1.165) is 18.4 Å². The Balaban J connectivity index is 1.83. The van der Waals surface area contributed by atoms with Crippen molar-refractivity contribution in [2.75, 3.05) is 6.61 Å². The lowest BCUT2D eigenvalue weighted by Gasteiger charge is -2.50. The van der Waals surface area contributed by atoms with Crippen molar-refractivity contribution in [3.8, 4) is 0 Å². The predicted molar refractivity (Wildman–Crippen MR) is 73.6 cm³/mol. The van der Waals surface area contributed by atoms with E-state index in [1.165, 1.54) is 32.1 Å². The molecule has 0 aromatic rings. The zero-order chi connectivity index (χ0) is 13.4. The first kappa shape index (κ1) is 13.8. The first-order chi connectivity index (χ1) is 9.20. The molecule has 0 radical (unpaired) electrons. The van der Waals surface area contributed by atoms with E-state index >= 15 is 0 Å². The van der Waals surface area contributed by atoms with Crippen molar-refractivity contribution in [3.05, 3.63) is 0 Å². The Morgan fingerprint density at radius 1 is 1.05 bits per heavy atom. The number of hydrogen-bond acceptors (Lipinski definition) is 3. The van der Waals surface area contributed by atoms with Gasteiger partial charge in [-0.3, -0.25) is 0 Å². The average Bonchev–Trinajstić information content (AvgIpc) is 2.56. The van der Waals surface area contributed by atoms with Gasteiger partial charge < -0.3 is 14.2 Å². The normalized spacial score (nSPS) is 50.4. The molecule has 110 valence electrons. The summed E-state index contributed by atoms with van der Waals surface area (Å²) in [5.41, 5.74) is 0. The summed E-state index contributed by atoms with van der Waals surface area (Å²) in [6.07, 6.45) is 6.78. The molecule has 3 nitrogen and oxygen atoms in total. The summed E-state index contributed by atoms with van der Waals surface area (Å²) in [4.78, 5) is 0. The molecule has 3 heteroatoms. The SMILES string of the molecule is CCO[C@H]1O[C@@H]2O[C@@H](C)CCC3CCC[C@H](C32)[C@H]1C. The number of hydrogen-bond donors (Lipinski definition) is 0. The summed E-state index contributed by atoms with van der Waals surface area (Å²) in [5, 5.41) is 0. The third-order valence-corrected chi connectivity index (χ3v) is 5.48. The smallest absolute Gasteiger partial charge is 0.164 e. The second kappa shape index (κ2) is 5.71. The topological polar surface area (TPSA) is 27.7 Å². The van der Waals surface area contributed by atoms with Crippen LogP contribution in [0, 0.1) is 23.7 Å². The second-order valence-electron chi connectivity index (χ2n) is 6.64. The Morgan fingerprint density at radius 2 is 1.89 bits per heavy atom. The van der Waals surface area contributed by atoms with E-state index in [9.17, 15) is 0 Å². The first-order valence-corrected chi connectivity index (χ1v) is 8.13. The highest BCUT2D eigenvalue weighted by molar-refractivity contribution is 4.92. The van der Waals surface area contributed by atoms with Crippen molar-refractivity contribution in [2.45, 2.75) is 71.6 Å². The van der Waals surface area contributed by atoms with Crippen LogP contribution in [0.2, 0.25) is 0 Å². The van der Waals surface area contributed by atoms with Gasteiger partial charge in [-0.05, 0) is 51.4 Å². The predicted octanol–water partition coefficient (Wildman–Crippen LogP) is 3.57. The zero-order valence-corrected chi connectivity index (χ0v) is 12.5. The maximum Gasteiger partial charge on any atom is 0.164 e. The molecule has 2 unspecified atom stereocenters. The quantitative estimate of drug-likeness (QED) is 0.766. The van der Waals surface area contributed by atoms with Gasteiger partial charge in [0.1, 0.15) is 0 Å². The molecule has 7 atom stereocenters. The lowest BCUT2D eigenvalue weighted by Crippen LogP contribution is -2.52. The van der Waals surface area contributed by atoms with E-state index in [0.29, 0.717) is 17.9 Å². The van der Waals surface area contributed by atoms with Crippen molar-refractivity contribution in [1.82, 2.24) is 0 Å². The molecule has 0 aromatic carbocycles. The maximum absolute atomic E-state index is 6.19. The van der Waals surface area contributed by atoms with Gasteiger partial charge in [0, 0.05) is 18.4 Å². The van der Waals surface area contributed by atoms with Crippen LogP contribution in [0.1, 0.15) is 52.9 Å².